The summed E-state index contributed by atoms with van der Waals surface area (Å²) in [5, 5.41) is 20.4. The molecule has 0 unspecified atom stereocenters. The zero-order chi connectivity index (χ0) is 26.9. The Balaban J connectivity index is 2.18. The molecule has 0 atom stereocenters. The first-order chi connectivity index (χ1) is 17.8. The Bertz CT molecular complexity index is 1340. The lowest BCUT2D eigenvalue weighted by Crippen LogP contribution is -2.17. The number of carbonyl (C=O) groups is 2. The van der Waals surface area contributed by atoms with E-state index < -0.39 is 11.8 Å². The van der Waals surface area contributed by atoms with Crippen LogP contribution < -0.4 is 14.2 Å². The van der Waals surface area contributed by atoms with Gasteiger partial charge >= 0.3 is 5.97 Å². The van der Waals surface area contributed by atoms with Gasteiger partial charge in [0.05, 0.1) is 27.9 Å². The van der Waals surface area contributed by atoms with E-state index in [-0.39, 0.29) is 40.8 Å². The van der Waals surface area contributed by atoms with Crippen molar-refractivity contribution in [3.05, 3.63) is 82.9 Å². The van der Waals surface area contributed by atoms with E-state index in [0.29, 0.717) is 22.4 Å². The Morgan fingerprint density at radius 1 is 0.757 bits per heavy atom. The predicted octanol–water partition coefficient (Wildman–Crippen LogP) is 4.88. The number of aromatic hydroxyl groups is 2. The van der Waals surface area contributed by atoms with Crippen LogP contribution in [0.2, 0.25) is 0 Å². The second-order valence-corrected chi connectivity index (χ2v) is 7.76. The minimum atomic E-state index is -0.820. The van der Waals surface area contributed by atoms with Gasteiger partial charge in [-0.05, 0) is 72.2 Å². The van der Waals surface area contributed by atoms with Crippen molar-refractivity contribution in [3.8, 4) is 28.7 Å². The number of methoxy groups -OCH3 is 3. The van der Waals surface area contributed by atoms with Crippen molar-refractivity contribution < 1.29 is 38.7 Å². The average Bonchev–Trinajstić information content (AvgIpc) is 2.90. The third kappa shape index (κ3) is 6.49. The van der Waals surface area contributed by atoms with Crippen molar-refractivity contribution in [1.82, 2.24) is 0 Å². The molecule has 0 aliphatic heterocycles. The first kappa shape index (κ1) is 26.9. The number of hydrogen-bond donors (Lipinski definition) is 2. The Hall–Kier alpha value is -4.72. The molecule has 0 fully saturated rings. The van der Waals surface area contributed by atoms with Crippen LogP contribution in [-0.4, -0.2) is 49.9 Å². The molecule has 0 amide bonds. The van der Waals surface area contributed by atoms with Crippen LogP contribution in [0.15, 0.2) is 66.2 Å². The van der Waals surface area contributed by atoms with E-state index in [0.717, 1.165) is 0 Å². The Morgan fingerprint density at radius 3 is 1.76 bits per heavy atom. The van der Waals surface area contributed by atoms with Crippen molar-refractivity contribution in [3.63, 3.8) is 0 Å². The largest absolute Gasteiger partial charge is 0.504 e. The summed E-state index contributed by atoms with van der Waals surface area (Å²) in [6.07, 6.45) is 2.91. The molecule has 3 rings (SSSR count). The molecule has 0 aliphatic rings. The number of carbonyl (C=O) groups excluding carboxylic acids is 2. The summed E-state index contributed by atoms with van der Waals surface area (Å²) in [5.74, 6) is -0.569. The van der Waals surface area contributed by atoms with Crippen LogP contribution in [0.4, 0.5) is 0 Å². The molecule has 3 aromatic carbocycles. The molecule has 3 aromatic rings. The summed E-state index contributed by atoms with van der Waals surface area (Å²) in [6, 6.07) is 16.0. The molecule has 0 saturated heterocycles. The lowest BCUT2D eigenvalue weighted by molar-refractivity contribution is -0.139. The highest BCUT2D eigenvalue weighted by molar-refractivity contribution is 6.41. The van der Waals surface area contributed by atoms with Crippen molar-refractivity contribution in [2.75, 3.05) is 27.9 Å². The van der Waals surface area contributed by atoms with Crippen LogP contribution in [0.3, 0.4) is 0 Å². The van der Waals surface area contributed by atoms with Crippen LogP contribution in [0.5, 0.6) is 28.7 Å². The summed E-state index contributed by atoms with van der Waals surface area (Å²) in [5.41, 5.74) is 1.33. The van der Waals surface area contributed by atoms with Gasteiger partial charge in [-0.15, -0.1) is 0 Å². The first-order valence-corrected chi connectivity index (χ1v) is 11.3. The van der Waals surface area contributed by atoms with E-state index in [4.69, 9.17) is 18.9 Å². The molecule has 8 nitrogen and oxygen atoms in total. The maximum absolute atomic E-state index is 13.9. The van der Waals surface area contributed by atoms with E-state index in [2.05, 4.69) is 0 Å². The molecule has 0 bridgehead atoms. The monoisotopic (exact) mass is 504 g/mol. The maximum atomic E-state index is 13.9. The number of benzene rings is 3. The quantitative estimate of drug-likeness (QED) is 0.132. The van der Waals surface area contributed by atoms with Gasteiger partial charge < -0.3 is 29.2 Å². The number of ether oxygens (including phenoxy) is 4. The van der Waals surface area contributed by atoms with Crippen LogP contribution in [0.1, 0.15) is 23.6 Å². The van der Waals surface area contributed by atoms with Crippen molar-refractivity contribution in [2.45, 2.75) is 6.92 Å². The number of phenols is 2. The van der Waals surface area contributed by atoms with Gasteiger partial charge in [0.25, 0.3) is 0 Å². The van der Waals surface area contributed by atoms with Crippen molar-refractivity contribution >= 4 is 29.5 Å². The highest BCUT2D eigenvalue weighted by Crippen LogP contribution is 2.32. The van der Waals surface area contributed by atoms with Gasteiger partial charge in [-0.2, -0.15) is 0 Å². The van der Waals surface area contributed by atoms with Gasteiger partial charge in [0.2, 0.25) is 5.78 Å². The summed E-state index contributed by atoms with van der Waals surface area (Å²) in [6.45, 7) is 1.70. The molecule has 192 valence electrons. The minimum Gasteiger partial charge on any atom is -0.504 e. The SMILES string of the molecule is CCOC(=O)C(=Cc1ccc(OC)c(O)c1)C(=O)C(=Cc1ccc(OC)c(O)c1)c1ccc(OC)cc1. The smallest absolute Gasteiger partial charge is 0.342 e. The lowest BCUT2D eigenvalue weighted by Gasteiger charge is -2.12. The Morgan fingerprint density at radius 2 is 1.30 bits per heavy atom. The fourth-order valence-corrected chi connectivity index (χ4v) is 3.55. The standard InChI is InChI=1S/C29H28O8/c1-5-37-29(33)23(15-19-7-13-27(36-4)25(31)17-19)28(32)22(20-8-10-21(34-2)11-9-20)14-18-6-12-26(35-3)24(30)16-18/h6-17,30-31H,5H2,1-4H3. The van der Waals surface area contributed by atoms with E-state index in [9.17, 15) is 19.8 Å². The Labute approximate surface area is 215 Å². The van der Waals surface area contributed by atoms with Crippen molar-refractivity contribution in [2.24, 2.45) is 0 Å². The topological polar surface area (TPSA) is 112 Å². The van der Waals surface area contributed by atoms with Gasteiger partial charge in [-0.25, -0.2) is 4.79 Å². The normalized spacial score (nSPS) is 11.6. The molecule has 0 radical (unpaired) electrons. The van der Waals surface area contributed by atoms with Gasteiger partial charge in [-0.1, -0.05) is 24.3 Å². The number of Topliss-reactive ketones (excluding diaryl/α,β-unsaturated/α-hetero) is 1. The number of rotatable bonds is 10. The third-order valence-corrected chi connectivity index (χ3v) is 5.41. The van der Waals surface area contributed by atoms with Gasteiger partial charge in [0, 0.05) is 5.57 Å². The molecular formula is C29H28O8. The summed E-state index contributed by atoms with van der Waals surface area (Å²) >= 11 is 0. The summed E-state index contributed by atoms with van der Waals surface area (Å²) in [4.78, 5) is 26.8. The second kappa shape index (κ2) is 12.3. The summed E-state index contributed by atoms with van der Waals surface area (Å²) < 4.78 is 20.6. The highest BCUT2D eigenvalue weighted by Gasteiger charge is 2.25. The number of ketones is 1. The molecule has 2 N–H and O–H groups in total. The number of hydrogen-bond acceptors (Lipinski definition) is 8. The molecule has 0 aromatic heterocycles. The molecule has 0 heterocycles. The zero-order valence-corrected chi connectivity index (χ0v) is 21.0. The number of allylic oxidation sites excluding steroid dienone is 1. The maximum Gasteiger partial charge on any atom is 0.342 e. The Kier molecular flexibility index (Phi) is 8.94. The molecule has 8 heteroatoms. The predicted molar refractivity (Wildman–Crippen MR) is 140 cm³/mol. The molecule has 0 spiro atoms. The molecular weight excluding hydrogens is 476 g/mol. The van der Waals surface area contributed by atoms with E-state index in [1.807, 2.05) is 0 Å². The molecule has 0 saturated carbocycles. The summed E-state index contributed by atoms with van der Waals surface area (Å²) in [7, 11) is 4.38. The molecule has 37 heavy (non-hydrogen) atoms. The minimum absolute atomic E-state index is 0.0608. The van der Waals surface area contributed by atoms with E-state index in [1.165, 1.54) is 45.6 Å². The fourth-order valence-electron chi connectivity index (χ4n) is 3.55. The van der Waals surface area contributed by atoms with E-state index >= 15 is 0 Å². The van der Waals surface area contributed by atoms with Gasteiger partial charge in [0.15, 0.2) is 23.0 Å². The number of esters is 1. The van der Waals surface area contributed by atoms with E-state index in [1.54, 1.807) is 55.5 Å². The molecule has 0 aliphatic carbocycles. The van der Waals surface area contributed by atoms with Crippen LogP contribution in [0, 0.1) is 0 Å². The number of phenolic OH excluding ortho intramolecular Hbond substituents is 2. The first-order valence-electron chi connectivity index (χ1n) is 11.3. The lowest BCUT2D eigenvalue weighted by atomic mass is 9.93. The highest BCUT2D eigenvalue weighted by atomic mass is 16.5. The van der Waals surface area contributed by atoms with Crippen LogP contribution >= 0.6 is 0 Å². The average molecular weight is 505 g/mol. The zero-order valence-electron chi connectivity index (χ0n) is 21.0. The van der Waals surface area contributed by atoms with Crippen LogP contribution in [-0.2, 0) is 14.3 Å². The fraction of sp³-hybridized carbons (Fsp3) is 0.172. The van der Waals surface area contributed by atoms with Crippen molar-refractivity contribution in [1.29, 1.82) is 0 Å². The van der Waals surface area contributed by atoms with Crippen LogP contribution in [0.25, 0.3) is 17.7 Å². The third-order valence-electron chi connectivity index (χ3n) is 5.41. The second-order valence-electron chi connectivity index (χ2n) is 7.76. The van der Waals surface area contributed by atoms with Gasteiger partial charge in [-0.3, -0.25) is 4.79 Å². The van der Waals surface area contributed by atoms with Gasteiger partial charge in [0.1, 0.15) is 11.3 Å².